The Kier molecular flexibility index (Phi) is 1.83. The van der Waals surface area contributed by atoms with E-state index in [4.69, 9.17) is 0 Å². The average molecular weight is 203 g/mol. The van der Waals surface area contributed by atoms with Gasteiger partial charge in [0, 0.05) is 20.1 Å². The minimum Gasteiger partial charge on any atom is -0.358 e. The minimum absolute atomic E-state index is 0.800. The summed E-state index contributed by atoms with van der Waals surface area (Å²) in [6.45, 7) is 2.07. The Bertz CT molecular complexity index is 490. The molecule has 0 bridgehead atoms. The van der Waals surface area contributed by atoms with E-state index >= 15 is 0 Å². The van der Waals surface area contributed by atoms with Crippen molar-refractivity contribution in [3.8, 4) is 0 Å². The maximum absolute atomic E-state index is 4.35. The molecule has 15 heavy (non-hydrogen) atoms. The van der Waals surface area contributed by atoms with Gasteiger partial charge < -0.3 is 9.47 Å². The van der Waals surface area contributed by atoms with E-state index in [2.05, 4.69) is 31.5 Å². The summed E-state index contributed by atoms with van der Waals surface area (Å²) in [4.78, 5) is 15.0. The van der Waals surface area contributed by atoms with Crippen molar-refractivity contribution in [2.24, 2.45) is 0 Å². The third-order valence-corrected chi connectivity index (χ3v) is 2.89. The molecule has 0 fully saturated rings. The summed E-state index contributed by atoms with van der Waals surface area (Å²) in [7, 11) is 2.07. The van der Waals surface area contributed by atoms with Crippen LogP contribution in [0.2, 0.25) is 0 Å². The predicted molar refractivity (Wildman–Crippen MR) is 57.8 cm³/mol. The van der Waals surface area contributed by atoms with Crippen molar-refractivity contribution in [2.45, 2.75) is 19.4 Å². The van der Waals surface area contributed by atoms with Crippen molar-refractivity contribution in [1.29, 1.82) is 0 Å². The quantitative estimate of drug-likeness (QED) is 0.642. The molecule has 78 valence electrons. The SMILES string of the molecule is CN1CCCCn2cnc3ncnc1c32. The van der Waals surface area contributed by atoms with Crippen LogP contribution in [-0.2, 0) is 6.54 Å². The molecular weight excluding hydrogens is 190 g/mol. The van der Waals surface area contributed by atoms with Crippen LogP contribution in [0, 0.1) is 0 Å². The molecule has 0 aliphatic carbocycles. The first kappa shape index (κ1) is 8.64. The maximum Gasteiger partial charge on any atom is 0.182 e. The second-order valence-electron chi connectivity index (χ2n) is 3.94. The number of nitrogens with zero attached hydrogens (tertiary/aromatic N) is 5. The molecule has 5 heteroatoms. The smallest absolute Gasteiger partial charge is 0.182 e. The number of rotatable bonds is 0. The molecule has 2 aromatic heterocycles. The lowest BCUT2D eigenvalue weighted by Crippen LogP contribution is -2.23. The van der Waals surface area contributed by atoms with Crippen molar-refractivity contribution < 1.29 is 0 Å². The second-order valence-corrected chi connectivity index (χ2v) is 3.94. The largest absolute Gasteiger partial charge is 0.358 e. The van der Waals surface area contributed by atoms with E-state index in [9.17, 15) is 0 Å². The molecule has 0 N–H and O–H groups in total. The van der Waals surface area contributed by atoms with Gasteiger partial charge in [0.1, 0.15) is 11.8 Å². The summed E-state index contributed by atoms with van der Waals surface area (Å²) < 4.78 is 2.15. The Labute approximate surface area is 87.8 Å². The van der Waals surface area contributed by atoms with Gasteiger partial charge in [-0.2, -0.15) is 0 Å². The highest BCUT2D eigenvalue weighted by Crippen LogP contribution is 2.23. The van der Waals surface area contributed by atoms with Gasteiger partial charge in [0.2, 0.25) is 0 Å². The first-order valence-electron chi connectivity index (χ1n) is 5.23. The van der Waals surface area contributed by atoms with Crippen molar-refractivity contribution >= 4 is 17.0 Å². The van der Waals surface area contributed by atoms with Gasteiger partial charge >= 0.3 is 0 Å². The van der Waals surface area contributed by atoms with Crippen LogP contribution in [0.1, 0.15) is 12.8 Å². The van der Waals surface area contributed by atoms with Crippen molar-refractivity contribution in [3.05, 3.63) is 12.7 Å². The number of aromatic nitrogens is 4. The molecule has 1 aliphatic rings. The maximum atomic E-state index is 4.35. The minimum atomic E-state index is 0.800. The monoisotopic (exact) mass is 203 g/mol. The lowest BCUT2D eigenvalue weighted by Gasteiger charge is -2.21. The molecule has 0 amide bonds. The standard InChI is InChI=1S/C10H13N5/c1-14-4-2-3-5-15-7-13-9-8(15)10(14)12-6-11-9/h6-7H,2-5H2,1H3. The Hall–Kier alpha value is -1.65. The molecule has 1 aliphatic heterocycles. The molecule has 0 unspecified atom stereocenters. The van der Waals surface area contributed by atoms with Crippen LogP contribution in [-0.4, -0.2) is 33.1 Å². The van der Waals surface area contributed by atoms with E-state index in [1.165, 1.54) is 12.8 Å². The molecule has 0 aromatic carbocycles. The molecule has 0 saturated carbocycles. The van der Waals surface area contributed by atoms with Crippen LogP contribution in [0.4, 0.5) is 5.82 Å². The zero-order chi connectivity index (χ0) is 10.3. The molecule has 3 heterocycles. The van der Waals surface area contributed by atoms with Crippen LogP contribution in [0.25, 0.3) is 11.2 Å². The Morgan fingerprint density at radius 2 is 2.00 bits per heavy atom. The first-order chi connectivity index (χ1) is 7.36. The van der Waals surface area contributed by atoms with Gasteiger partial charge in [0.15, 0.2) is 11.5 Å². The Morgan fingerprint density at radius 1 is 1.13 bits per heavy atom. The highest BCUT2D eigenvalue weighted by Gasteiger charge is 2.15. The number of aryl methyl sites for hydroxylation is 1. The summed E-state index contributed by atoms with van der Waals surface area (Å²) in [5, 5.41) is 0. The predicted octanol–water partition coefficient (Wildman–Crippen LogP) is 1.06. The van der Waals surface area contributed by atoms with Gasteiger partial charge in [0.25, 0.3) is 0 Å². The highest BCUT2D eigenvalue weighted by atomic mass is 15.2. The van der Waals surface area contributed by atoms with E-state index in [0.717, 1.165) is 30.1 Å². The average Bonchev–Trinajstić information content (AvgIpc) is 2.65. The van der Waals surface area contributed by atoms with Crippen LogP contribution in [0.3, 0.4) is 0 Å². The molecule has 5 nitrogen and oxygen atoms in total. The van der Waals surface area contributed by atoms with Gasteiger partial charge in [-0.1, -0.05) is 0 Å². The molecule has 0 spiro atoms. The third kappa shape index (κ3) is 1.26. The summed E-state index contributed by atoms with van der Waals surface area (Å²) >= 11 is 0. The molecule has 0 atom stereocenters. The fourth-order valence-corrected chi connectivity index (χ4v) is 2.08. The lowest BCUT2D eigenvalue weighted by molar-refractivity contribution is 0.605. The molecule has 0 radical (unpaired) electrons. The van der Waals surface area contributed by atoms with E-state index in [-0.39, 0.29) is 0 Å². The van der Waals surface area contributed by atoms with Gasteiger partial charge in [-0.3, -0.25) is 0 Å². The van der Waals surface area contributed by atoms with E-state index in [0.29, 0.717) is 0 Å². The summed E-state index contributed by atoms with van der Waals surface area (Å²) in [6.07, 6.45) is 5.83. The summed E-state index contributed by atoms with van der Waals surface area (Å²) in [5.74, 6) is 0.997. The summed E-state index contributed by atoms with van der Waals surface area (Å²) in [5.41, 5.74) is 1.87. The van der Waals surface area contributed by atoms with Crippen LogP contribution in [0.15, 0.2) is 12.7 Å². The molecule has 2 aromatic rings. The number of hydrogen-bond acceptors (Lipinski definition) is 4. The molecule has 0 saturated heterocycles. The fraction of sp³-hybridized carbons (Fsp3) is 0.500. The number of hydrogen-bond donors (Lipinski definition) is 0. The van der Waals surface area contributed by atoms with Crippen molar-refractivity contribution in [2.75, 3.05) is 18.5 Å². The van der Waals surface area contributed by atoms with Gasteiger partial charge in [-0.25, -0.2) is 15.0 Å². The van der Waals surface area contributed by atoms with Gasteiger partial charge in [-0.15, -0.1) is 0 Å². The van der Waals surface area contributed by atoms with Crippen LogP contribution < -0.4 is 4.90 Å². The zero-order valence-corrected chi connectivity index (χ0v) is 8.72. The van der Waals surface area contributed by atoms with Crippen molar-refractivity contribution in [3.63, 3.8) is 0 Å². The van der Waals surface area contributed by atoms with E-state index < -0.39 is 0 Å². The second kappa shape index (κ2) is 3.18. The third-order valence-electron chi connectivity index (χ3n) is 2.89. The number of anilines is 1. The van der Waals surface area contributed by atoms with Crippen LogP contribution in [0.5, 0.6) is 0 Å². The molecule has 3 rings (SSSR count). The Balaban J connectivity index is 2.30. The first-order valence-corrected chi connectivity index (χ1v) is 5.23. The normalized spacial score (nSPS) is 16.5. The number of imidazole rings is 1. The summed E-state index contributed by atoms with van der Waals surface area (Å²) in [6, 6.07) is 0. The molecular formula is C10H13N5. The van der Waals surface area contributed by atoms with E-state index in [1.54, 1.807) is 6.33 Å². The van der Waals surface area contributed by atoms with Crippen molar-refractivity contribution in [1.82, 2.24) is 19.5 Å². The van der Waals surface area contributed by atoms with Gasteiger partial charge in [0.05, 0.1) is 6.33 Å². The highest BCUT2D eigenvalue weighted by molar-refractivity contribution is 5.83. The lowest BCUT2D eigenvalue weighted by atomic mass is 10.2. The Morgan fingerprint density at radius 3 is 2.93 bits per heavy atom. The van der Waals surface area contributed by atoms with Crippen LogP contribution >= 0.6 is 0 Å². The van der Waals surface area contributed by atoms with E-state index in [1.807, 2.05) is 6.33 Å². The van der Waals surface area contributed by atoms with Gasteiger partial charge in [-0.05, 0) is 12.8 Å². The fourth-order valence-electron chi connectivity index (χ4n) is 2.08. The zero-order valence-electron chi connectivity index (χ0n) is 8.72. The topological polar surface area (TPSA) is 46.8 Å².